The van der Waals surface area contributed by atoms with Crippen molar-refractivity contribution in [3.8, 4) is 5.75 Å². The standard InChI is InChI=1S/C15H21NO.C14H24N2O2S.C14H26O.C13H24O.C11H20O.C10H18O/c1-15(2,3)8-4-5-11-10-16-14-7-6-12(17)9-13(11)14;1-14(2,3)11(17)7-5-4-6-10-12-9(8-19-10)15-13(18)16-12;1-7-8-9-10-14(5,6)12(15)11-13(2,3)4;1-7-8-9-10-13(5,6)11(14)12(2,3)4;1-5-6-7-8-10(12)9-11(2,3)4;1-5-6-7-8-9(11)10(2,3)4/h6-7,9-10,16-17H,4-5,8H2,1-3H3;9-10,12H,4-8H2,1-3H3,(H2,15,16,18);8-9H,7,10-11H2,1-6H3;8-9H,7,10H2,1-6H3;6-7H,5,8-9H2,1-4H3;6-7H,5,8H2,1-4H3/b;;2*9-8-;2*7-6-/t;9-,10-,12-;;;;/m.0..../s1. The van der Waals surface area contributed by atoms with Gasteiger partial charge in [-0.15, -0.1) is 0 Å². The van der Waals surface area contributed by atoms with Gasteiger partial charge >= 0.3 is 6.03 Å². The minimum atomic E-state index is -0.233. The van der Waals surface area contributed by atoms with Crippen molar-refractivity contribution in [1.82, 2.24) is 15.6 Å². The number of nitrogens with one attached hydrogen (secondary N) is 3. The lowest BCUT2D eigenvalue weighted by Crippen LogP contribution is -2.36. The van der Waals surface area contributed by atoms with Crippen LogP contribution in [-0.4, -0.2) is 68.1 Å². The van der Waals surface area contributed by atoms with Crippen LogP contribution in [0.15, 0.2) is 73.0 Å². The highest BCUT2D eigenvalue weighted by atomic mass is 32.2. The number of aromatic amines is 1. The number of hydrogen-bond acceptors (Lipinski definition) is 8. The average Bonchev–Trinajstić information content (AvgIpc) is 3.87. The number of benzene rings is 1. The van der Waals surface area contributed by atoms with Crippen molar-refractivity contribution in [2.75, 3.05) is 5.75 Å². The SMILES string of the molecule is CC(C)(C)C(=O)CCCC[C@@H]1SC[C@@H]2NC(=O)N[C@@H]21.CC(C)(C)CCCc1c[nH]c2ccc(O)cc12.CC/C=C\CC(=O)C(C)(C)C.CC/C=C\CC(=O)CC(C)(C)C.CC/C=C\CC(C)(C)C(=O)C(C)(C)C.CC/C=C\CC(C)(C)C(=O)CC(C)(C)C. The van der Waals surface area contributed by atoms with Gasteiger partial charge in [0.1, 0.15) is 34.7 Å². The highest BCUT2D eigenvalue weighted by molar-refractivity contribution is 8.00. The molecule has 0 radical (unpaired) electrons. The second-order valence-electron chi connectivity index (χ2n) is 32.3. The summed E-state index contributed by atoms with van der Waals surface area (Å²) in [6.45, 7) is 53.7. The molecular formula is C77H133N3O7S. The van der Waals surface area contributed by atoms with E-state index in [1.165, 1.54) is 18.4 Å². The first-order chi connectivity index (χ1) is 40.2. The Labute approximate surface area is 544 Å². The van der Waals surface area contributed by atoms with Crippen LogP contribution in [-0.2, 0) is 30.4 Å². The number of rotatable bonds is 24. The van der Waals surface area contributed by atoms with Crippen LogP contribution in [0.1, 0.15) is 288 Å². The Balaban J connectivity index is 0. The lowest BCUT2D eigenvalue weighted by molar-refractivity contribution is -0.135. The summed E-state index contributed by atoms with van der Waals surface area (Å²) in [5, 5.41) is 17.1. The van der Waals surface area contributed by atoms with Crippen LogP contribution in [0.4, 0.5) is 4.79 Å². The fraction of sp³-hybridized carbons (Fsp3) is 0.714. The second-order valence-corrected chi connectivity index (χ2v) is 33.6. The largest absolute Gasteiger partial charge is 0.508 e. The van der Waals surface area contributed by atoms with Gasteiger partial charge in [0.15, 0.2) is 0 Å². The molecule has 3 heterocycles. The maximum absolute atomic E-state index is 12.0. The van der Waals surface area contributed by atoms with E-state index in [0.29, 0.717) is 83.5 Å². The molecule has 2 fully saturated rings. The van der Waals surface area contributed by atoms with Crippen LogP contribution in [0.25, 0.3) is 10.9 Å². The zero-order valence-corrected chi connectivity index (χ0v) is 62.0. The van der Waals surface area contributed by atoms with Crippen molar-refractivity contribution in [2.45, 2.75) is 307 Å². The Morgan fingerprint density at radius 2 is 1.06 bits per heavy atom. The molecule has 0 bridgehead atoms. The van der Waals surface area contributed by atoms with E-state index in [1.807, 2.05) is 138 Å². The lowest BCUT2D eigenvalue weighted by atomic mass is 9.73. The molecule has 2 aliphatic rings. The summed E-state index contributed by atoms with van der Waals surface area (Å²) in [6, 6.07) is 6.06. The van der Waals surface area contributed by atoms with E-state index in [0.717, 1.165) is 80.9 Å². The van der Waals surface area contributed by atoms with Gasteiger partial charge < -0.3 is 20.7 Å². The van der Waals surface area contributed by atoms with Gasteiger partial charge in [-0.05, 0) is 111 Å². The van der Waals surface area contributed by atoms with E-state index < -0.39 is 0 Å². The summed E-state index contributed by atoms with van der Waals surface area (Å²) in [4.78, 5) is 73.0. The van der Waals surface area contributed by atoms with Gasteiger partial charge in [-0.1, -0.05) is 235 Å². The van der Waals surface area contributed by atoms with Gasteiger partial charge in [0.25, 0.3) is 0 Å². The van der Waals surface area contributed by atoms with Gasteiger partial charge in [0.05, 0.1) is 12.1 Å². The molecule has 10 nitrogen and oxygen atoms in total. The normalized spacial score (nSPS) is 16.5. The number of Topliss-reactive ketones (excluding diaryl/α,β-unsaturated/α-hetero) is 5. The van der Waals surface area contributed by atoms with Gasteiger partial charge in [-0.2, -0.15) is 11.8 Å². The highest BCUT2D eigenvalue weighted by Gasteiger charge is 2.42. The summed E-state index contributed by atoms with van der Waals surface area (Å²) >= 11 is 1.94. The second kappa shape index (κ2) is 40.4. The molecule has 0 saturated carbocycles. The molecule has 3 atom stereocenters. The van der Waals surface area contributed by atoms with Gasteiger partial charge in [0.2, 0.25) is 0 Å². The maximum atomic E-state index is 12.0. The van der Waals surface area contributed by atoms with Crippen molar-refractivity contribution in [2.24, 2.45) is 43.3 Å². The van der Waals surface area contributed by atoms with Gasteiger partial charge in [0, 0.05) is 87.3 Å². The number of amides is 2. The summed E-state index contributed by atoms with van der Waals surface area (Å²) in [6.07, 6.45) is 34.2. The van der Waals surface area contributed by atoms with Crippen LogP contribution < -0.4 is 10.6 Å². The molecule has 2 saturated heterocycles. The first-order valence-corrected chi connectivity index (χ1v) is 34.5. The number of unbranched alkanes of at least 4 members (excludes halogenated alkanes) is 1. The number of phenols is 1. The molecule has 1 aromatic heterocycles. The number of carbonyl (C=O) groups is 6. The van der Waals surface area contributed by atoms with Gasteiger partial charge in [-0.25, -0.2) is 4.79 Å². The third-order valence-electron chi connectivity index (χ3n) is 14.9. The molecule has 88 heavy (non-hydrogen) atoms. The number of H-pyrrole nitrogens is 1. The van der Waals surface area contributed by atoms with Crippen molar-refractivity contribution in [3.63, 3.8) is 0 Å². The fourth-order valence-electron chi connectivity index (χ4n) is 9.57. The number of phenolic OH excluding ortho intramolecular Hbond substituents is 1. The predicted molar refractivity (Wildman–Crippen MR) is 382 cm³/mol. The van der Waals surface area contributed by atoms with Gasteiger partial charge in [-0.3, -0.25) is 24.0 Å². The molecule has 504 valence electrons. The number of carbonyl (C=O) groups excluding carboxylic acids is 6. The van der Waals surface area contributed by atoms with Crippen molar-refractivity contribution in [1.29, 1.82) is 0 Å². The number of aryl methyl sites for hydroxylation is 1. The Bertz CT molecular complexity index is 2500. The van der Waals surface area contributed by atoms with Crippen molar-refractivity contribution >= 4 is 57.6 Å². The van der Waals surface area contributed by atoms with Crippen LogP contribution in [0.2, 0.25) is 0 Å². The number of urea groups is 1. The molecule has 11 heteroatoms. The monoisotopic (exact) mass is 1240 g/mol. The molecular weight excluding hydrogens is 1110 g/mol. The highest BCUT2D eigenvalue weighted by Crippen LogP contribution is 2.35. The number of ketones is 5. The van der Waals surface area contributed by atoms with Crippen LogP contribution in [0.3, 0.4) is 0 Å². The first kappa shape index (κ1) is 85.6. The fourth-order valence-corrected chi connectivity index (χ4v) is 11.1. The zero-order chi connectivity index (χ0) is 68.5. The van der Waals surface area contributed by atoms with E-state index in [4.69, 9.17) is 0 Å². The van der Waals surface area contributed by atoms with E-state index in [-0.39, 0.29) is 50.0 Å². The molecule has 1 aromatic carbocycles. The molecule has 4 rings (SSSR count). The number of aromatic hydroxyl groups is 1. The van der Waals surface area contributed by atoms with E-state index in [1.54, 1.807) is 6.07 Å². The average molecular weight is 1240 g/mol. The Morgan fingerprint density at radius 3 is 1.53 bits per heavy atom. The smallest absolute Gasteiger partial charge is 0.315 e. The van der Waals surface area contributed by atoms with Crippen LogP contribution >= 0.6 is 11.8 Å². The minimum absolute atomic E-state index is 0.0248. The zero-order valence-electron chi connectivity index (χ0n) is 61.2. The molecule has 2 amide bonds. The van der Waals surface area contributed by atoms with Crippen LogP contribution in [0.5, 0.6) is 5.75 Å². The third kappa shape index (κ3) is 40.3. The number of hydrogen-bond donors (Lipinski definition) is 4. The molecule has 0 spiro atoms. The van der Waals surface area contributed by atoms with Crippen LogP contribution in [0, 0.1) is 43.3 Å². The number of allylic oxidation sites excluding steroid dienone is 8. The Hall–Kier alpha value is -4.51. The third-order valence-corrected chi connectivity index (χ3v) is 16.4. The summed E-state index contributed by atoms with van der Waals surface area (Å²) < 4.78 is 0. The molecule has 0 aliphatic carbocycles. The Kier molecular flexibility index (Phi) is 39.2. The first-order valence-electron chi connectivity index (χ1n) is 33.4. The lowest BCUT2D eigenvalue weighted by Gasteiger charge is -2.29. The topological polar surface area (TPSA) is 162 Å². The molecule has 0 unspecified atom stereocenters. The van der Waals surface area contributed by atoms with E-state index >= 15 is 0 Å². The minimum Gasteiger partial charge on any atom is -0.508 e. The summed E-state index contributed by atoms with van der Waals surface area (Å²) in [5.41, 5.74) is 1.98. The summed E-state index contributed by atoms with van der Waals surface area (Å²) in [5.74, 6) is 3.06. The predicted octanol–water partition coefficient (Wildman–Crippen LogP) is 21.2. The Morgan fingerprint density at radius 1 is 0.557 bits per heavy atom. The molecule has 4 N–H and O–H groups in total. The molecule has 2 aliphatic heterocycles. The summed E-state index contributed by atoms with van der Waals surface area (Å²) in [7, 11) is 0. The maximum Gasteiger partial charge on any atom is 0.315 e. The number of thioether (sulfide) groups is 1. The van der Waals surface area contributed by atoms with E-state index in [9.17, 15) is 33.9 Å². The number of aromatic nitrogens is 1. The van der Waals surface area contributed by atoms with Crippen molar-refractivity contribution in [3.05, 3.63) is 78.6 Å². The molecule has 2 aromatic rings. The van der Waals surface area contributed by atoms with E-state index in [2.05, 4.69) is 136 Å². The van der Waals surface area contributed by atoms with Crippen molar-refractivity contribution < 1.29 is 33.9 Å². The quantitative estimate of drug-likeness (QED) is 0.0459. The number of fused-ring (bicyclic) bond motifs is 2.